The molecule has 4 rings (SSSR count). The minimum atomic E-state index is -1.24. The van der Waals surface area contributed by atoms with Crippen LogP contribution in [0, 0.1) is 0 Å². The van der Waals surface area contributed by atoms with E-state index in [1.54, 1.807) is 47.8 Å². The molecule has 0 N–H and O–H groups in total. The van der Waals surface area contributed by atoms with Crippen LogP contribution in [-0.2, 0) is 38.7 Å². The van der Waals surface area contributed by atoms with Crippen molar-refractivity contribution in [3.63, 3.8) is 0 Å². The van der Waals surface area contributed by atoms with Crippen molar-refractivity contribution >= 4 is 47.2 Å². The number of rotatable bonds is 8. The largest absolute Gasteiger partial charge is 4.00 e. The molecule has 16 nitrogen and oxygen atoms in total. The van der Waals surface area contributed by atoms with E-state index in [1.807, 2.05) is 128 Å². The number of carboxylic acids is 4. The van der Waals surface area contributed by atoms with Crippen LogP contribution in [0.1, 0.15) is 81.1 Å². The molecule has 0 aromatic rings. The third-order valence-corrected chi connectivity index (χ3v) is 8.25. The summed E-state index contributed by atoms with van der Waals surface area (Å²) >= 11 is 0. The monoisotopic (exact) mass is 930 g/mol. The van der Waals surface area contributed by atoms with Gasteiger partial charge in [0.15, 0.2) is 23.3 Å². The molecule has 0 saturated heterocycles. The van der Waals surface area contributed by atoms with Crippen LogP contribution < -0.4 is 20.4 Å². The summed E-state index contributed by atoms with van der Waals surface area (Å²) in [5.41, 5.74) is 3.66. The van der Waals surface area contributed by atoms with Crippen LogP contribution in [0.5, 0.6) is 0 Å². The number of aliphatic imine (C=N–C) groups is 4. The van der Waals surface area contributed by atoms with E-state index in [2.05, 4.69) is 20.0 Å². The van der Waals surface area contributed by atoms with Gasteiger partial charge in [-0.1, -0.05) is 48.6 Å². The van der Waals surface area contributed by atoms with Gasteiger partial charge in [0, 0.05) is 101 Å². The summed E-state index contributed by atoms with van der Waals surface area (Å²) in [5, 5.41) is 43.6. The first kappa shape index (κ1) is 55.3. The van der Waals surface area contributed by atoms with Crippen LogP contribution in [0.25, 0.3) is 0 Å². The van der Waals surface area contributed by atoms with Crippen LogP contribution in [0.3, 0.4) is 0 Å². The van der Waals surface area contributed by atoms with Crippen LogP contribution in [0.2, 0.25) is 0 Å². The number of carbonyl (C=O) groups excluding carboxylic acids is 4. The number of nitrogens with zero attached hydrogens (tertiary/aromatic N) is 8. The van der Waals surface area contributed by atoms with E-state index >= 15 is 0 Å². The van der Waals surface area contributed by atoms with Gasteiger partial charge in [-0.15, -0.1) is 0 Å². The van der Waals surface area contributed by atoms with Crippen molar-refractivity contribution in [3.05, 3.63) is 95.7 Å². The molecule has 332 valence electrons. The fraction of sp³-hybridized carbons (Fsp3) is 0.455. The van der Waals surface area contributed by atoms with Crippen molar-refractivity contribution < 1.29 is 59.1 Å². The Morgan fingerprint density at radius 2 is 0.574 bits per heavy atom. The third-order valence-electron chi connectivity index (χ3n) is 8.25. The van der Waals surface area contributed by atoms with E-state index in [0.29, 0.717) is 0 Å². The van der Waals surface area contributed by atoms with Gasteiger partial charge in [-0.25, -0.2) is 0 Å². The molecule has 0 saturated carbocycles. The van der Waals surface area contributed by atoms with Crippen molar-refractivity contribution in [1.82, 2.24) is 19.6 Å². The number of allylic oxidation sites excluding steroid dienone is 12. The van der Waals surface area contributed by atoms with Crippen molar-refractivity contribution in [1.29, 1.82) is 0 Å². The summed E-state index contributed by atoms with van der Waals surface area (Å²) in [7, 11) is 6.76. The van der Waals surface area contributed by atoms with Crippen LogP contribution >= 0.6 is 0 Å². The van der Waals surface area contributed by atoms with Gasteiger partial charge >= 0.3 is 19.5 Å². The maximum Gasteiger partial charge on any atom is 4.00 e. The van der Waals surface area contributed by atoms with Gasteiger partial charge in [-0.2, -0.15) is 0 Å². The first-order valence-electron chi connectivity index (χ1n) is 19.6. The maximum absolute atomic E-state index is 10.9. The molecular weight excluding hydrogens is 870 g/mol. The number of hydrogen-bond donors (Lipinski definition) is 0. The van der Waals surface area contributed by atoms with Crippen molar-refractivity contribution in [3.8, 4) is 0 Å². The van der Waals surface area contributed by atoms with E-state index in [9.17, 15) is 39.6 Å². The van der Waals surface area contributed by atoms with Crippen molar-refractivity contribution in [2.75, 3.05) is 28.2 Å². The number of likely N-dealkylation sites (N-methyl/N-ethyl adjacent to an activating group) is 4. The van der Waals surface area contributed by atoms with Gasteiger partial charge in [0.1, 0.15) is 23.9 Å². The van der Waals surface area contributed by atoms with E-state index in [0.717, 1.165) is 48.5 Å². The molecule has 0 atom stereocenters. The second-order valence-electron chi connectivity index (χ2n) is 14.7. The standard InChI is InChI=1S/4C11H16N2O2.Ru/c4*1-8(2)12-10(11(14)15)13(3)9-6-4-5-7-9;/h4*4-6,8H,7H2,1-3H3,(H,14,15);/q;;;;+4/p-4. The van der Waals surface area contributed by atoms with Crippen molar-refractivity contribution in [2.24, 2.45) is 20.0 Å². The Bertz CT molecular complexity index is 1640. The second-order valence-corrected chi connectivity index (χ2v) is 14.7. The maximum atomic E-state index is 10.9. The predicted octanol–water partition coefficient (Wildman–Crippen LogP) is 1.27. The molecule has 61 heavy (non-hydrogen) atoms. The molecule has 0 heterocycles. The zero-order valence-corrected chi connectivity index (χ0v) is 39.0. The third kappa shape index (κ3) is 19.9. The Balaban J connectivity index is 0.000000783. The van der Waals surface area contributed by atoms with E-state index in [-0.39, 0.29) is 67.0 Å². The number of hydrogen-bond acceptors (Lipinski definition) is 12. The molecule has 0 radical (unpaired) electrons. The molecule has 0 aromatic carbocycles. The normalized spacial score (nSPS) is 15.5. The van der Waals surface area contributed by atoms with Gasteiger partial charge in [-0.3, -0.25) is 20.0 Å². The van der Waals surface area contributed by atoms with Crippen LogP contribution in [0.4, 0.5) is 0 Å². The topological polar surface area (TPSA) is 223 Å². The van der Waals surface area contributed by atoms with Crippen LogP contribution in [0.15, 0.2) is 116 Å². The molecule has 0 amide bonds. The summed E-state index contributed by atoms with van der Waals surface area (Å²) in [6.45, 7) is 14.7. The van der Waals surface area contributed by atoms with Crippen molar-refractivity contribution in [2.45, 2.75) is 105 Å². The molecule has 0 unspecified atom stereocenters. The molecule has 0 spiro atoms. The van der Waals surface area contributed by atoms with E-state index in [1.165, 1.54) is 0 Å². The molecule has 4 aliphatic carbocycles. The average Bonchev–Trinajstić information content (AvgIpc) is 4.01. The van der Waals surface area contributed by atoms with Gasteiger partial charge in [0.05, 0.1) is 0 Å². The molecule has 0 bridgehead atoms. The summed E-state index contributed by atoms with van der Waals surface area (Å²) in [6, 6.07) is -0.240. The second kappa shape index (κ2) is 27.9. The zero-order valence-electron chi connectivity index (χ0n) is 37.3. The molecular formula is C44H60N8O8Ru. The number of carboxylic acid groups (broad SMARTS) is 4. The quantitative estimate of drug-likeness (QED) is 0.191. The zero-order chi connectivity index (χ0) is 45.7. The minimum Gasteiger partial charge on any atom is -0.542 e. The molecule has 17 heteroatoms. The van der Waals surface area contributed by atoms with Gasteiger partial charge in [0.2, 0.25) is 0 Å². The predicted molar refractivity (Wildman–Crippen MR) is 229 cm³/mol. The average molecular weight is 930 g/mol. The Labute approximate surface area is 373 Å². The van der Waals surface area contributed by atoms with Gasteiger partial charge in [0.25, 0.3) is 0 Å². The van der Waals surface area contributed by atoms with Gasteiger partial charge in [-0.05, 0) is 79.7 Å². The molecule has 4 aliphatic rings. The molecule has 0 aliphatic heterocycles. The minimum absolute atomic E-state index is 0. The Kier molecular flexibility index (Phi) is 25.3. The molecule has 0 aromatic heterocycles. The van der Waals surface area contributed by atoms with Gasteiger partial charge < -0.3 is 59.2 Å². The number of aliphatic carboxylic acids is 4. The fourth-order valence-corrected chi connectivity index (χ4v) is 5.37. The smallest absolute Gasteiger partial charge is 0.542 e. The van der Waals surface area contributed by atoms with E-state index in [4.69, 9.17) is 0 Å². The Morgan fingerprint density at radius 3 is 0.672 bits per heavy atom. The van der Waals surface area contributed by atoms with Crippen LogP contribution in [-0.4, -0.2) is 119 Å². The SMILES string of the molecule is CC(C)N=C(C(=O)[O-])N(C)C1=CC=CC1.CC(C)N=C(C(=O)[O-])N(C)C1=CC=CC1.CC(C)N=C(C(=O)[O-])N(C)C1=CC=CC1.CC(C)N=C(C(=O)[O-])N(C)C1=CC=CC1.[Ru+4]. The number of carbonyl (C=O) groups is 4. The first-order chi connectivity index (χ1) is 28.1. The first-order valence-corrected chi connectivity index (χ1v) is 19.6. The molecule has 0 fully saturated rings. The summed E-state index contributed by atoms with van der Waals surface area (Å²) in [6.07, 6.45) is 25.9. The Morgan fingerprint density at radius 1 is 0.410 bits per heavy atom. The fourth-order valence-electron chi connectivity index (χ4n) is 5.37. The summed E-state index contributed by atoms with van der Waals surface area (Å²) in [4.78, 5) is 66.0. The Hall–Kier alpha value is -5.70. The summed E-state index contributed by atoms with van der Waals surface area (Å²) < 4.78 is 0. The van der Waals surface area contributed by atoms with E-state index < -0.39 is 23.9 Å². The summed E-state index contributed by atoms with van der Waals surface area (Å²) in [5.74, 6) is -5.00. The number of amidine groups is 4.